The van der Waals surface area contributed by atoms with E-state index in [0.29, 0.717) is 53.7 Å². The summed E-state index contributed by atoms with van der Waals surface area (Å²) in [6.45, 7) is 24.6. The second kappa shape index (κ2) is 19.9. The predicted octanol–water partition coefficient (Wildman–Crippen LogP) is 9.88. The zero-order valence-corrected chi connectivity index (χ0v) is 36.2. The molecule has 1 aliphatic rings. The summed E-state index contributed by atoms with van der Waals surface area (Å²) in [5.41, 5.74) is 1.35. The first-order valence-electron chi connectivity index (χ1n) is 18.8. The van der Waals surface area contributed by atoms with Gasteiger partial charge in [-0.25, -0.2) is 9.59 Å². The van der Waals surface area contributed by atoms with Gasteiger partial charge in [0.1, 0.15) is 29.3 Å². The monoisotopic (exact) mass is 768 g/mol. The zero-order chi connectivity index (χ0) is 39.4. The van der Waals surface area contributed by atoms with Crippen molar-refractivity contribution in [2.75, 3.05) is 27.1 Å². The second-order valence-electron chi connectivity index (χ2n) is 17.0. The highest BCUT2D eigenvalue weighted by atomic mass is 28.3. The highest BCUT2D eigenvalue weighted by Crippen LogP contribution is 2.36. The molecule has 0 aliphatic carbocycles. The van der Waals surface area contributed by atoms with Crippen LogP contribution in [0.25, 0.3) is 6.08 Å². The Morgan fingerprint density at radius 2 is 1.53 bits per heavy atom. The molecule has 2 unspecified atom stereocenters. The molecule has 11 heteroatoms. The van der Waals surface area contributed by atoms with Gasteiger partial charge in [-0.3, -0.25) is 0 Å². The maximum atomic E-state index is 13.7. The maximum Gasteiger partial charge on any atom is 0.342 e. The number of rotatable bonds is 20. The molecule has 0 aromatic heterocycles. The first-order chi connectivity index (χ1) is 24.8. The van der Waals surface area contributed by atoms with Crippen LogP contribution in [0.4, 0.5) is 0 Å². The predicted molar refractivity (Wildman–Crippen MR) is 217 cm³/mol. The third-order valence-electron chi connectivity index (χ3n) is 8.97. The number of hydrogen-bond acceptors (Lipinski definition) is 9. The summed E-state index contributed by atoms with van der Waals surface area (Å²) in [5.74, 6) is -0.269. The van der Waals surface area contributed by atoms with Gasteiger partial charge in [0, 0.05) is 29.3 Å². The Labute approximate surface area is 320 Å². The van der Waals surface area contributed by atoms with Gasteiger partial charge in [0.15, 0.2) is 12.6 Å². The molecule has 0 spiro atoms. The van der Waals surface area contributed by atoms with Crippen LogP contribution in [-0.4, -0.2) is 79.3 Å². The Balaban J connectivity index is 1.99. The average Bonchev–Trinajstić information content (AvgIpc) is 3.37. The van der Waals surface area contributed by atoms with Crippen molar-refractivity contribution in [3.05, 3.63) is 77.4 Å². The Hall–Kier alpha value is -3.23. The summed E-state index contributed by atoms with van der Waals surface area (Å²) in [7, 11) is -1.27. The number of esters is 2. The summed E-state index contributed by atoms with van der Waals surface area (Å²) >= 11 is 0. The molecule has 1 heterocycles. The normalized spacial score (nSPS) is 18.7. The van der Waals surface area contributed by atoms with Crippen LogP contribution in [0.15, 0.2) is 60.7 Å². The Morgan fingerprint density at radius 3 is 2.15 bits per heavy atom. The van der Waals surface area contributed by atoms with Crippen LogP contribution < -0.4 is 9.47 Å². The third kappa shape index (κ3) is 15.2. The number of carbonyl (C=O) groups excluding carboxylic acids is 2. The minimum Gasteiger partial charge on any atom is -0.494 e. The van der Waals surface area contributed by atoms with Crippen molar-refractivity contribution in [1.82, 2.24) is 0 Å². The molecule has 2 aromatic carbocycles. The van der Waals surface area contributed by atoms with E-state index in [-0.39, 0.29) is 12.7 Å². The fourth-order valence-corrected chi connectivity index (χ4v) is 6.85. The lowest BCUT2D eigenvalue weighted by molar-refractivity contribution is -0.152. The average molecular weight is 769 g/mol. The van der Waals surface area contributed by atoms with E-state index in [2.05, 4.69) is 66.1 Å². The lowest BCUT2D eigenvalue weighted by atomic mass is 9.95. The maximum absolute atomic E-state index is 13.7. The first-order valence-corrected chi connectivity index (χ1v) is 26.3. The van der Waals surface area contributed by atoms with Gasteiger partial charge in [-0.1, -0.05) is 96.5 Å². The van der Waals surface area contributed by atoms with Gasteiger partial charge >= 0.3 is 11.9 Å². The van der Waals surface area contributed by atoms with Crippen molar-refractivity contribution in [2.24, 2.45) is 11.8 Å². The van der Waals surface area contributed by atoms with Gasteiger partial charge in [-0.2, -0.15) is 0 Å². The van der Waals surface area contributed by atoms with Gasteiger partial charge in [-0.05, 0) is 74.0 Å². The number of carbonyl (C=O) groups is 2. The van der Waals surface area contributed by atoms with Crippen LogP contribution in [0.5, 0.6) is 11.5 Å². The molecular formula is C42H64O9Si2. The molecular weight excluding hydrogens is 705 g/mol. The number of methoxy groups -OCH3 is 1. The van der Waals surface area contributed by atoms with Crippen LogP contribution >= 0.6 is 0 Å². The smallest absolute Gasteiger partial charge is 0.342 e. The van der Waals surface area contributed by atoms with Crippen LogP contribution in [0.2, 0.25) is 51.4 Å². The van der Waals surface area contributed by atoms with E-state index < -0.39 is 52.2 Å². The number of hydrogen-bond donors (Lipinski definition) is 0. The van der Waals surface area contributed by atoms with Crippen molar-refractivity contribution < 1.29 is 42.7 Å². The van der Waals surface area contributed by atoms with E-state index in [1.54, 1.807) is 18.2 Å². The SMILES string of the molecule is COCOc1cc(OCC[Si](C)(C)C)cc(/C=C/C[C@@H]2OC(C)(C)O[C@@H]2C(/C=C\C(C)C(C)C)OC(=O)c2ccccc2)c1C(=O)OCC[Si](C)(C)C. The Bertz CT molecular complexity index is 1520. The third-order valence-corrected chi connectivity index (χ3v) is 12.4. The lowest BCUT2D eigenvalue weighted by Gasteiger charge is -2.25. The summed E-state index contributed by atoms with van der Waals surface area (Å²) in [4.78, 5) is 27.1. The van der Waals surface area contributed by atoms with E-state index in [1.807, 2.05) is 56.3 Å². The molecule has 0 radical (unpaired) electrons. The second-order valence-corrected chi connectivity index (χ2v) is 28.3. The van der Waals surface area contributed by atoms with Gasteiger partial charge in [0.05, 0.1) is 24.9 Å². The standard InChI is InChI=1S/C42H64O9Si2/c1-30(2)31(3)21-22-35(49-40(43)32-17-14-13-15-18-32)39-36(50-42(4,5)51-39)20-16-19-33-27-34(46-23-25-52(7,8)9)28-37(48-29-45-6)38(33)41(44)47-24-26-53(10,11)12/h13-19,21-22,27-28,30-31,35-36,39H,20,23-26,29H2,1-12H3/b19-16+,22-21-/t31?,35?,36-,39+/m0/s1. The number of benzene rings is 2. The molecule has 294 valence electrons. The van der Waals surface area contributed by atoms with E-state index in [4.69, 9.17) is 33.2 Å². The van der Waals surface area contributed by atoms with Crippen molar-refractivity contribution in [1.29, 1.82) is 0 Å². The Kier molecular flexibility index (Phi) is 16.6. The highest BCUT2D eigenvalue weighted by molar-refractivity contribution is 6.76. The van der Waals surface area contributed by atoms with E-state index in [1.165, 1.54) is 7.11 Å². The van der Waals surface area contributed by atoms with Crippen LogP contribution in [0, 0.1) is 11.8 Å². The van der Waals surface area contributed by atoms with Gasteiger partial charge in [-0.15, -0.1) is 0 Å². The van der Waals surface area contributed by atoms with Gasteiger partial charge in [0.2, 0.25) is 0 Å². The minimum absolute atomic E-state index is 0.0489. The molecule has 0 saturated carbocycles. The van der Waals surface area contributed by atoms with Gasteiger partial charge in [0.25, 0.3) is 0 Å². The minimum atomic E-state index is -1.45. The molecule has 9 nitrogen and oxygen atoms in total. The molecule has 1 aliphatic heterocycles. The molecule has 3 rings (SSSR count). The van der Waals surface area contributed by atoms with Crippen molar-refractivity contribution in [2.45, 2.75) is 117 Å². The molecule has 0 amide bonds. The fraction of sp³-hybridized carbons (Fsp3) is 0.571. The van der Waals surface area contributed by atoms with Crippen molar-refractivity contribution in [3.63, 3.8) is 0 Å². The van der Waals surface area contributed by atoms with Crippen molar-refractivity contribution >= 4 is 34.2 Å². The molecule has 1 fully saturated rings. The molecule has 2 aromatic rings. The van der Waals surface area contributed by atoms with E-state index in [0.717, 1.165) is 12.1 Å². The fourth-order valence-electron chi connectivity index (χ4n) is 5.42. The van der Waals surface area contributed by atoms with Crippen LogP contribution in [0.1, 0.15) is 67.3 Å². The molecule has 0 N–H and O–H groups in total. The van der Waals surface area contributed by atoms with Crippen LogP contribution in [0.3, 0.4) is 0 Å². The summed E-state index contributed by atoms with van der Waals surface area (Å²) < 4.78 is 42.2. The lowest BCUT2D eigenvalue weighted by Crippen LogP contribution is -2.37. The topological polar surface area (TPSA) is 98.8 Å². The summed E-state index contributed by atoms with van der Waals surface area (Å²) in [5, 5.41) is 0. The van der Waals surface area contributed by atoms with Crippen LogP contribution in [-0.2, 0) is 23.7 Å². The van der Waals surface area contributed by atoms with E-state index >= 15 is 0 Å². The highest BCUT2D eigenvalue weighted by Gasteiger charge is 2.45. The van der Waals surface area contributed by atoms with E-state index in [9.17, 15) is 9.59 Å². The summed E-state index contributed by atoms with van der Waals surface area (Å²) in [6, 6.07) is 14.3. The molecule has 53 heavy (non-hydrogen) atoms. The number of ether oxygens (including phenoxy) is 7. The largest absolute Gasteiger partial charge is 0.494 e. The van der Waals surface area contributed by atoms with Gasteiger partial charge < -0.3 is 33.2 Å². The first kappa shape index (κ1) is 44.2. The number of allylic oxidation sites excluding steroid dienone is 1. The van der Waals surface area contributed by atoms with Crippen molar-refractivity contribution in [3.8, 4) is 11.5 Å². The summed E-state index contributed by atoms with van der Waals surface area (Å²) in [6.07, 6.45) is 6.43. The Morgan fingerprint density at radius 1 is 0.868 bits per heavy atom. The molecule has 4 atom stereocenters. The zero-order valence-electron chi connectivity index (χ0n) is 34.2. The quantitative estimate of drug-likeness (QED) is 0.0564. The molecule has 1 saturated heterocycles. The molecule has 0 bridgehead atoms.